The van der Waals surface area contributed by atoms with E-state index in [2.05, 4.69) is 0 Å². The lowest BCUT2D eigenvalue weighted by atomic mass is 9.98. The highest BCUT2D eigenvalue weighted by atomic mass is 19.2. The van der Waals surface area contributed by atoms with Crippen LogP contribution in [0.2, 0.25) is 0 Å². The first-order valence-electron chi connectivity index (χ1n) is 5.23. The van der Waals surface area contributed by atoms with E-state index in [1.54, 1.807) is 0 Å². The van der Waals surface area contributed by atoms with Crippen LogP contribution in [0.25, 0.3) is 0 Å². The Hall–Kier alpha value is -1.78. The fraction of sp³-hybridized carbons (Fsp3) is 0.333. The van der Waals surface area contributed by atoms with Gasteiger partial charge in [-0.3, -0.25) is 14.5 Å². The normalized spacial score (nSPS) is 20.2. The maximum Gasteiger partial charge on any atom is 0.232 e. The third-order valence-electron chi connectivity index (χ3n) is 2.94. The Balaban J connectivity index is 2.14. The molecule has 0 saturated carbocycles. The summed E-state index contributed by atoms with van der Waals surface area (Å²) < 4.78 is 25.7. The summed E-state index contributed by atoms with van der Waals surface area (Å²) in [6.45, 7) is 0. The van der Waals surface area contributed by atoms with Gasteiger partial charge in [0.1, 0.15) is 0 Å². The number of imide groups is 1. The lowest BCUT2D eigenvalue weighted by Crippen LogP contribution is -2.26. The van der Waals surface area contributed by atoms with Gasteiger partial charge in [0.2, 0.25) is 11.8 Å². The molecule has 0 spiro atoms. The van der Waals surface area contributed by atoms with Crippen molar-refractivity contribution in [2.45, 2.75) is 12.8 Å². The van der Waals surface area contributed by atoms with Gasteiger partial charge in [-0.05, 0) is 24.1 Å². The number of amides is 2. The lowest BCUT2D eigenvalue weighted by molar-refractivity contribution is -0.137. The molecule has 2 amide bonds. The van der Waals surface area contributed by atoms with Crippen molar-refractivity contribution in [2.75, 3.05) is 7.05 Å². The Morgan fingerprint density at radius 2 is 2.00 bits per heavy atom. The lowest BCUT2D eigenvalue weighted by Gasteiger charge is -2.08. The second kappa shape index (κ2) is 4.24. The van der Waals surface area contributed by atoms with E-state index in [4.69, 9.17) is 0 Å². The van der Waals surface area contributed by atoms with Crippen molar-refractivity contribution in [1.82, 2.24) is 4.90 Å². The van der Waals surface area contributed by atoms with Gasteiger partial charge in [0, 0.05) is 13.5 Å². The van der Waals surface area contributed by atoms with Crippen molar-refractivity contribution >= 4 is 11.8 Å². The number of nitrogens with zero attached hydrogens (tertiary/aromatic N) is 1. The van der Waals surface area contributed by atoms with E-state index in [1.807, 2.05) is 0 Å². The number of hydrogen-bond donors (Lipinski definition) is 0. The summed E-state index contributed by atoms with van der Waals surface area (Å²) in [5.74, 6) is -2.81. The van der Waals surface area contributed by atoms with Gasteiger partial charge in [-0.1, -0.05) is 6.07 Å². The Morgan fingerprint density at radius 1 is 1.29 bits per heavy atom. The molecule has 1 heterocycles. The number of benzene rings is 1. The van der Waals surface area contributed by atoms with E-state index in [1.165, 1.54) is 13.1 Å². The smallest absolute Gasteiger partial charge is 0.232 e. The first kappa shape index (κ1) is 11.7. The predicted molar refractivity (Wildman–Crippen MR) is 55.9 cm³/mol. The van der Waals surface area contributed by atoms with Crippen LogP contribution in [0.5, 0.6) is 0 Å². The first-order valence-corrected chi connectivity index (χ1v) is 5.23. The minimum atomic E-state index is -0.937. The quantitative estimate of drug-likeness (QED) is 0.734. The summed E-state index contributed by atoms with van der Waals surface area (Å²) in [5, 5.41) is 0. The molecule has 2 rings (SSSR count). The average molecular weight is 239 g/mol. The SMILES string of the molecule is CN1C(=O)CC(Cc2ccc(F)c(F)c2)C1=O. The summed E-state index contributed by atoms with van der Waals surface area (Å²) >= 11 is 0. The van der Waals surface area contributed by atoms with E-state index in [0.29, 0.717) is 5.56 Å². The third-order valence-corrected chi connectivity index (χ3v) is 2.94. The van der Waals surface area contributed by atoms with Crippen LogP contribution in [0.1, 0.15) is 12.0 Å². The van der Waals surface area contributed by atoms with Gasteiger partial charge < -0.3 is 0 Å². The molecular weight excluding hydrogens is 228 g/mol. The van der Waals surface area contributed by atoms with Crippen LogP contribution in [0, 0.1) is 17.6 Å². The fourth-order valence-corrected chi connectivity index (χ4v) is 1.94. The van der Waals surface area contributed by atoms with Crippen LogP contribution in [-0.2, 0) is 16.0 Å². The third kappa shape index (κ3) is 2.18. The Bertz CT molecular complexity index is 487. The zero-order valence-electron chi connectivity index (χ0n) is 9.24. The second-order valence-corrected chi connectivity index (χ2v) is 4.14. The minimum absolute atomic E-state index is 0.133. The van der Waals surface area contributed by atoms with E-state index >= 15 is 0 Å². The van der Waals surface area contributed by atoms with E-state index in [-0.39, 0.29) is 24.7 Å². The zero-order chi connectivity index (χ0) is 12.6. The number of carbonyl (C=O) groups excluding carboxylic acids is 2. The molecule has 1 fully saturated rings. The molecule has 3 nitrogen and oxygen atoms in total. The highest BCUT2D eigenvalue weighted by molar-refractivity contribution is 6.03. The highest BCUT2D eigenvalue weighted by Crippen LogP contribution is 2.23. The molecule has 0 bridgehead atoms. The van der Waals surface area contributed by atoms with Crippen LogP contribution in [0.15, 0.2) is 18.2 Å². The molecule has 0 aliphatic carbocycles. The first-order chi connectivity index (χ1) is 7.99. The average Bonchev–Trinajstić information content (AvgIpc) is 2.52. The van der Waals surface area contributed by atoms with Crippen LogP contribution in [0.3, 0.4) is 0 Å². The van der Waals surface area contributed by atoms with E-state index in [0.717, 1.165) is 17.0 Å². The summed E-state index contributed by atoms with van der Waals surface area (Å²) in [5.41, 5.74) is 0.519. The Labute approximate surface area is 97.0 Å². The molecule has 1 unspecified atom stereocenters. The summed E-state index contributed by atoms with van der Waals surface area (Å²) in [7, 11) is 1.43. The topological polar surface area (TPSA) is 37.4 Å². The molecule has 0 N–H and O–H groups in total. The summed E-state index contributed by atoms with van der Waals surface area (Å²) in [6, 6.07) is 3.51. The van der Waals surface area contributed by atoms with Gasteiger partial charge >= 0.3 is 0 Å². The highest BCUT2D eigenvalue weighted by Gasteiger charge is 2.35. The molecule has 1 saturated heterocycles. The molecule has 0 aromatic heterocycles. The van der Waals surface area contributed by atoms with Gasteiger partial charge in [-0.15, -0.1) is 0 Å². The summed E-state index contributed by atoms with van der Waals surface area (Å²) in [4.78, 5) is 24.0. The van der Waals surface area contributed by atoms with Gasteiger partial charge in [0.15, 0.2) is 11.6 Å². The number of likely N-dealkylation sites (tertiary alicyclic amines) is 1. The van der Waals surface area contributed by atoms with Crippen LogP contribution >= 0.6 is 0 Å². The number of carbonyl (C=O) groups is 2. The van der Waals surface area contributed by atoms with Crippen molar-refractivity contribution in [3.8, 4) is 0 Å². The Morgan fingerprint density at radius 3 is 2.53 bits per heavy atom. The van der Waals surface area contributed by atoms with Crippen LogP contribution in [0.4, 0.5) is 8.78 Å². The standard InChI is InChI=1S/C12H11F2NO2/c1-15-11(16)6-8(12(15)17)4-7-2-3-9(13)10(14)5-7/h2-3,5,8H,4,6H2,1H3. The van der Waals surface area contributed by atoms with E-state index in [9.17, 15) is 18.4 Å². The van der Waals surface area contributed by atoms with Crippen molar-refractivity contribution in [3.63, 3.8) is 0 Å². The molecule has 5 heteroatoms. The monoisotopic (exact) mass is 239 g/mol. The van der Waals surface area contributed by atoms with Gasteiger partial charge in [-0.2, -0.15) is 0 Å². The fourth-order valence-electron chi connectivity index (χ4n) is 1.94. The minimum Gasteiger partial charge on any atom is -0.285 e. The number of halogens is 2. The maximum atomic E-state index is 13.0. The molecule has 1 aromatic rings. The van der Waals surface area contributed by atoms with Gasteiger partial charge in [0.25, 0.3) is 0 Å². The molecule has 1 aliphatic rings. The van der Waals surface area contributed by atoms with Crippen molar-refractivity contribution in [2.24, 2.45) is 5.92 Å². The second-order valence-electron chi connectivity index (χ2n) is 4.14. The van der Waals surface area contributed by atoms with Crippen LogP contribution < -0.4 is 0 Å². The predicted octanol–water partition coefficient (Wildman–Crippen LogP) is 1.51. The van der Waals surface area contributed by atoms with Gasteiger partial charge in [-0.25, -0.2) is 8.78 Å². The maximum absolute atomic E-state index is 13.0. The molecule has 1 aromatic carbocycles. The van der Waals surface area contributed by atoms with Crippen molar-refractivity contribution < 1.29 is 18.4 Å². The summed E-state index contributed by atoms with van der Waals surface area (Å²) in [6.07, 6.45) is 0.389. The molecular formula is C12H11F2NO2. The van der Waals surface area contributed by atoms with Gasteiger partial charge in [0.05, 0.1) is 5.92 Å². The Kier molecular flexibility index (Phi) is 2.92. The van der Waals surface area contributed by atoms with Crippen molar-refractivity contribution in [1.29, 1.82) is 0 Å². The molecule has 1 atom stereocenters. The molecule has 17 heavy (non-hydrogen) atoms. The van der Waals surface area contributed by atoms with Crippen molar-refractivity contribution in [3.05, 3.63) is 35.4 Å². The number of hydrogen-bond acceptors (Lipinski definition) is 2. The largest absolute Gasteiger partial charge is 0.285 e. The molecule has 90 valence electrons. The van der Waals surface area contributed by atoms with E-state index < -0.39 is 17.6 Å². The number of rotatable bonds is 2. The van der Waals surface area contributed by atoms with Crippen LogP contribution in [-0.4, -0.2) is 23.8 Å². The molecule has 0 radical (unpaired) electrons. The zero-order valence-corrected chi connectivity index (χ0v) is 9.24. The molecule has 1 aliphatic heterocycles.